The molecule has 1 heterocycles. The number of carboxylic acid groups (broad SMARTS) is 2. The Morgan fingerprint density at radius 1 is 1.37 bits per heavy atom. The van der Waals surface area contributed by atoms with Gasteiger partial charge in [0.15, 0.2) is 0 Å². The molecule has 1 amide bonds. The van der Waals surface area contributed by atoms with Crippen molar-refractivity contribution in [3.05, 3.63) is 28.5 Å². The van der Waals surface area contributed by atoms with Crippen LogP contribution in [-0.4, -0.2) is 39.1 Å². The van der Waals surface area contributed by atoms with Crippen LogP contribution < -0.4 is 5.32 Å². The van der Waals surface area contributed by atoms with Gasteiger partial charge in [-0.15, -0.1) is 0 Å². The summed E-state index contributed by atoms with van der Waals surface area (Å²) < 4.78 is 0.426. The standard InChI is InChI=1S/C11H11BrN2O5/c12-6-2-1-5-13-9(6)10(17)14-7(11(18)19)3-4-8(15)16/h1-2,5,7H,3-4H2,(H,14,17)(H,15,16)(H,18,19)/t7-/m0/s1. The van der Waals surface area contributed by atoms with Gasteiger partial charge < -0.3 is 15.5 Å². The first-order valence-electron chi connectivity index (χ1n) is 5.27. The molecule has 8 heteroatoms. The highest BCUT2D eigenvalue weighted by atomic mass is 79.9. The predicted octanol–water partition coefficient (Wildman–Crippen LogP) is 0.892. The summed E-state index contributed by atoms with van der Waals surface area (Å²) in [6.45, 7) is 0. The molecule has 19 heavy (non-hydrogen) atoms. The van der Waals surface area contributed by atoms with Crippen molar-refractivity contribution in [2.45, 2.75) is 18.9 Å². The number of nitrogens with zero attached hydrogens (tertiary/aromatic N) is 1. The van der Waals surface area contributed by atoms with Crippen LogP contribution in [0, 0.1) is 0 Å². The lowest BCUT2D eigenvalue weighted by molar-refractivity contribution is -0.140. The third-order valence-corrected chi connectivity index (χ3v) is 2.86. The Kier molecular flexibility index (Phi) is 5.43. The van der Waals surface area contributed by atoms with E-state index < -0.39 is 23.9 Å². The van der Waals surface area contributed by atoms with Gasteiger partial charge in [0.1, 0.15) is 11.7 Å². The first-order valence-corrected chi connectivity index (χ1v) is 6.07. The Hall–Kier alpha value is -1.96. The molecule has 0 bridgehead atoms. The molecule has 0 aromatic carbocycles. The number of halogens is 1. The minimum Gasteiger partial charge on any atom is -0.481 e. The van der Waals surface area contributed by atoms with Crippen LogP contribution in [-0.2, 0) is 9.59 Å². The van der Waals surface area contributed by atoms with Crippen LogP contribution >= 0.6 is 15.9 Å². The van der Waals surface area contributed by atoms with Crippen LogP contribution in [0.15, 0.2) is 22.8 Å². The zero-order valence-corrected chi connectivity index (χ0v) is 11.3. The van der Waals surface area contributed by atoms with Gasteiger partial charge in [-0.3, -0.25) is 9.59 Å². The number of hydrogen-bond donors (Lipinski definition) is 3. The summed E-state index contributed by atoms with van der Waals surface area (Å²) in [7, 11) is 0. The van der Waals surface area contributed by atoms with Gasteiger partial charge >= 0.3 is 11.9 Å². The summed E-state index contributed by atoms with van der Waals surface area (Å²) in [5.74, 6) is -3.09. The van der Waals surface area contributed by atoms with Gasteiger partial charge in [0.2, 0.25) is 0 Å². The van der Waals surface area contributed by atoms with Crippen LogP contribution in [0.3, 0.4) is 0 Å². The molecule has 0 aliphatic heterocycles. The van der Waals surface area contributed by atoms with Crippen molar-refractivity contribution < 1.29 is 24.6 Å². The number of hydrogen-bond acceptors (Lipinski definition) is 4. The quantitative estimate of drug-likeness (QED) is 0.713. The normalized spacial score (nSPS) is 11.6. The monoisotopic (exact) mass is 330 g/mol. The van der Waals surface area contributed by atoms with Crippen LogP contribution in [0.2, 0.25) is 0 Å². The molecule has 0 aliphatic rings. The molecular formula is C11H11BrN2O5. The van der Waals surface area contributed by atoms with Gasteiger partial charge in [0, 0.05) is 17.1 Å². The van der Waals surface area contributed by atoms with Gasteiger partial charge in [-0.25, -0.2) is 9.78 Å². The van der Waals surface area contributed by atoms with Gasteiger partial charge in [0.05, 0.1) is 0 Å². The van der Waals surface area contributed by atoms with E-state index in [1.165, 1.54) is 6.20 Å². The Bertz CT molecular complexity index is 506. The average molecular weight is 331 g/mol. The molecule has 0 saturated heterocycles. The van der Waals surface area contributed by atoms with E-state index in [4.69, 9.17) is 10.2 Å². The summed E-state index contributed by atoms with van der Waals surface area (Å²) in [6, 6.07) is 1.94. The Morgan fingerprint density at radius 2 is 2.05 bits per heavy atom. The second-order valence-electron chi connectivity index (χ2n) is 3.63. The molecule has 0 saturated carbocycles. The number of carbonyl (C=O) groups excluding carboxylic acids is 1. The summed E-state index contributed by atoms with van der Waals surface area (Å²) in [4.78, 5) is 37.0. The molecule has 0 aliphatic carbocycles. The second-order valence-corrected chi connectivity index (χ2v) is 4.48. The van der Waals surface area contributed by atoms with Crippen LogP contribution in [0.5, 0.6) is 0 Å². The van der Waals surface area contributed by atoms with Gasteiger partial charge in [0.25, 0.3) is 5.91 Å². The molecule has 1 aromatic heterocycles. The SMILES string of the molecule is O=C(O)CC[C@H](NC(=O)c1ncccc1Br)C(=O)O. The lowest BCUT2D eigenvalue weighted by Crippen LogP contribution is -2.41. The molecule has 3 N–H and O–H groups in total. The number of aliphatic carboxylic acids is 2. The van der Waals surface area contributed by atoms with Crippen molar-refractivity contribution in [2.24, 2.45) is 0 Å². The van der Waals surface area contributed by atoms with Crippen molar-refractivity contribution >= 4 is 33.8 Å². The van der Waals surface area contributed by atoms with Gasteiger partial charge in [-0.2, -0.15) is 0 Å². The maximum absolute atomic E-state index is 11.8. The Labute approximate surface area is 116 Å². The number of amides is 1. The van der Waals surface area contributed by atoms with E-state index in [9.17, 15) is 14.4 Å². The van der Waals surface area contributed by atoms with Crippen molar-refractivity contribution in [1.29, 1.82) is 0 Å². The highest BCUT2D eigenvalue weighted by molar-refractivity contribution is 9.10. The van der Waals surface area contributed by atoms with E-state index in [0.29, 0.717) is 4.47 Å². The molecule has 0 spiro atoms. The molecule has 0 radical (unpaired) electrons. The van der Waals surface area contributed by atoms with E-state index in [2.05, 4.69) is 26.2 Å². The van der Waals surface area contributed by atoms with E-state index in [1.54, 1.807) is 12.1 Å². The van der Waals surface area contributed by atoms with Crippen molar-refractivity contribution in [2.75, 3.05) is 0 Å². The predicted molar refractivity (Wildman–Crippen MR) is 67.7 cm³/mol. The van der Waals surface area contributed by atoms with Crippen molar-refractivity contribution in [3.63, 3.8) is 0 Å². The Morgan fingerprint density at radius 3 is 2.58 bits per heavy atom. The number of aromatic nitrogens is 1. The van der Waals surface area contributed by atoms with Crippen LogP contribution in [0.4, 0.5) is 0 Å². The number of pyridine rings is 1. The topological polar surface area (TPSA) is 117 Å². The van der Waals surface area contributed by atoms with Crippen LogP contribution in [0.1, 0.15) is 23.3 Å². The minimum absolute atomic E-state index is 0.0454. The van der Waals surface area contributed by atoms with Crippen molar-refractivity contribution in [3.8, 4) is 0 Å². The van der Waals surface area contributed by atoms with E-state index in [0.717, 1.165) is 0 Å². The summed E-state index contributed by atoms with van der Waals surface area (Å²) >= 11 is 3.12. The largest absolute Gasteiger partial charge is 0.481 e. The fourth-order valence-electron chi connectivity index (χ4n) is 1.30. The molecule has 7 nitrogen and oxygen atoms in total. The number of nitrogens with one attached hydrogen (secondary N) is 1. The first-order chi connectivity index (χ1) is 8.91. The molecule has 0 unspecified atom stereocenters. The van der Waals surface area contributed by atoms with Gasteiger partial charge in [-0.1, -0.05) is 0 Å². The zero-order valence-electron chi connectivity index (χ0n) is 9.67. The second kappa shape index (κ2) is 6.83. The summed E-state index contributed by atoms with van der Waals surface area (Å²) in [6.07, 6.45) is 0.855. The number of carboxylic acids is 2. The van der Waals surface area contributed by atoms with Crippen molar-refractivity contribution in [1.82, 2.24) is 10.3 Å². The maximum atomic E-state index is 11.8. The number of carbonyl (C=O) groups is 3. The highest BCUT2D eigenvalue weighted by Crippen LogP contribution is 2.13. The molecule has 1 atom stereocenters. The average Bonchev–Trinajstić information content (AvgIpc) is 2.34. The molecule has 0 fully saturated rings. The van der Waals surface area contributed by atoms with Gasteiger partial charge in [-0.05, 0) is 34.5 Å². The third-order valence-electron chi connectivity index (χ3n) is 2.22. The highest BCUT2D eigenvalue weighted by Gasteiger charge is 2.23. The van der Waals surface area contributed by atoms with Crippen LogP contribution in [0.25, 0.3) is 0 Å². The van der Waals surface area contributed by atoms with E-state index in [1.807, 2.05) is 0 Å². The fraction of sp³-hybridized carbons (Fsp3) is 0.273. The molecule has 1 aromatic rings. The molecular weight excluding hydrogens is 320 g/mol. The van der Waals surface area contributed by atoms with E-state index in [-0.39, 0.29) is 18.5 Å². The Balaban J connectivity index is 2.74. The summed E-state index contributed by atoms with van der Waals surface area (Å²) in [5, 5.41) is 19.7. The minimum atomic E-state index is -1.29. The lowest BCUT2D eigenvalue weighted by Gasteiger charge is -2.13. The smallest absolute Gasteiger partial charge is 0.326 e. The maximum Gasteiger partial charge on any atom is 0.326 e. The zero-order chi connectivity index (χ0) is 14.4. The lowest BCUT2D eigenvalue weighted by atomic mass is 10.1. The fourth-order valence-corrected chi connectivity index (χ4v) is 1.74. The number of rotatable bonds is 6. The molecule has 102 valence electrons. The summed E-state index contributed by atoms with van der Waals surface area (Å²) in [5.41, 5.74) is 0.0454. The molecule has 1 rings (SSSR count). The third kappa shape index (κ3) is 4.66. The first kappa shape index (κ1) is 15.1. The van der Waals surface area contributed by atoms with E-state index >= 15 is 0 Å².